The zero-order valence-corrected chi connectivity index (χ0v) is 12.5. The van der Waals surface area contributed by atoms with Crippen LogP contribution in [0.25, 0.3) is 0 Å². The Labute approximate surface area is 112 Å². The van der Waals surface area contributed by atoms with Crippen LogP contribution in [-0.4, -0.2) is 5.92 Å². The highest BCUT2D eigenvalue weighted by Crippen LogP contribution is 2.38. The SMILES string of the molecule is CC(C)C1CCC(F)(F)CC1.CC(C)C1CCC1. The van der Waals surface area contributed by atoms with Crippen LogP contribution < -0.4 is 0 Å². The zero-order chi connectivity index (χ0) is 13.8. The fourth-order valence-electron chi connectivity index (χ4n) is 2.84. The number of hydrogen-bond acceptors (Lipinski definition) is 0. The maximum Gasteiger partial charge on any atom is 0.248 e. The minimum absolute atomic E-state index is 0.107. The Hall–Kier alpha value is -0.140. The van der Waals surface area contributed by atoms with Crippen molar-refractivity contribution >= 4 is 0 Å². The molecule has 108 valence electrons. The molecule has 18 heavy (non-hydrogen) atoms. The van der Waals surface area contributed by atoms with Crippen LogP contribution >= 0.6 is 0 Å². The second-order valence-electron chi connectivity index (χ2n) is 6.87. The Morgan fingerprint density at radius 2 is 1.17 bits per heavy atom. The van der Waals surface area contributed by atoms with Gasteiger partial charge < -0.3 is 0 Å². The van der Waals surface area contributed by atoms with Crippen LogP contribution in [0.3, 0.4) is 0 Å². The lowest BCUT2D eigenvalue weighted by atomic mass is 9.78. The molecule has 2 aliphatic rings. The molecule has 0 aromatic heterocycles. The average molecular weight is 260 g/mol. The summed E-state index contributed by atoms with van der Waals surface area (Å²) in [5, 5.41) is 0. The smallest absolute Gasteiger partial charge is 0.207 e. The molecule has 0 radical (unpaired) electrons. The number of rotatable bonds is 2. The maximum atomic E-state index is 12.6. The number of hydrogen-bond donors (Lipinski definition) is 0. The Kier molecular flexibility index (Phi) is 6.07. The number of halogens is 2. The molecule has 2 heteroatoms. The van der Waals surface area contributed by atoms with Crippen LogP contribution in [0.4, 0.5) is 8.78 Å². The summed E-state index contributed by atoms with van der Waals surface area (Å²) in [6.45, 7) is 8.88. The quantitative estimate of drug-likeness (QED) is 0.579. The fourth-order valence-corrected chi connectivity index (χ4v) is 2.84. The summed E-state index contributed by atoms with van der Waals surface area (Å²) in [4.78, 5) is 0. The van der Waals surface area contributed by atoms with E-state index < -0.39 is 5.92 Å². The van der Waals surface area contributed by atoms with Gasteiger partial charge in [-0.15, -0.1) is 0 Å². The molecular formula is C16H30F2. The van der Waals surface area contributed by atoms with Gasteiger partial charge in [0.2, 0.25) is 5.92 Å². The van der Waals surface area contributed by atoms with Crippen LogP contribution in [0.5, 0.6) is 0 Å². The third-order valence-corrected chi connectivity index (χ3v) is 4.80. The van der Waals surface area contributed by atoms with Gasteiger partial charge in [-0.05, 0) is 36.5 Å². The first-order chi connectivity index (χ1) is 8.32. The largest absolute Gasteiger partial charge is 0.248 e. The summed E-state index contributed by atoms with van der Waals surface area (Å²) in [7, 11) is 0. The molecule has 0 heterocycles. The zero-order valence-electron chi connectivity index (χ0n) is 12.5. The highest BCUT2D eigenvalue weighted by Gasteiger charge is 2.35. The molecule has 0 aromatic carbocycles. The van der Waals surface area contributed by atoms with Gasteiger partial charge in [-0.2, -0.15) is 0 Å². The van der Waals surface area contributed by atoms with Gasteiger partial charge in [0.15, 0.2) is 0 Å². The van der Waals surface area contributed by atoms with Crippen molar-refractivity contribution in [1.29, 1.82) is 0 Å². The first-order valence-corrected chi connectivity index (χ1v) is 7.69. The standard InChI is InChI=1S/C9H16F2.C7H14/c1-7(2)8-3-5-9(10,11)6-4-8;1-6(2)7-4-3-5-7/h7-8H,3-6H2,1-2H3;6-7H,3-5H2,1-2H3. The molecular weight excluding hydrogens is 230 g/mol. The van der Waals surface area contributed by atoms with Gasteiger partial charge in [-0.25, -0.2) is 8.78 Å². The topological polar surface area (TPSA) is 0 Å². The van der Waals surface area contributed by atoms with Crippen molar-refractivity contribution in [3.05, 3.63) is 0 Å². The molecule has 0 unspecified atom stereocenters. The highest BCUT2D eigenvalue weighted by molar-refractivity contribution is 4.78. The van der Waals surface area contributed by atoms with Crippen molar-refractivity contribution < 1.29 is 8.78 Å². The van der Waals surface area contributed by atoms with Crippen LogP contribution in [-0.2, 0) is 0 Å². The predicted octanol–water partition coefficient (Wildman–Crippen LogP) is 5.91. The van der Waals surface area contributed by atoms with E-state index in [-0.39, 0.29) is 12.8 Å². The average Bonchev–Trinajstić information content (AvgIpc) is 2.13. The Bertz CT molecular complexity index is 219. The normalized spacial score (nSPS) is 24.7. The third kappa shape index (κ3) is 5.24. The molecule has 0 spiro atoms. The summed E-state index contributed by atoms with van der Waals surface area (Å²) >= 11 is 0. The Morgan fingerprint density at radius 1 is 0.778 bits per heavy atom. The highest BCUT2D eigenvalue weighted by atomic mass is 19.3. The lowest BCUT2D eigenvalue weighted by molar-refractivity contribution is -0.0504. The van der Waals surface area contributed by atoms with Gasteiger partial charge in [0.05, 0.1) is 0 Å². The molecule has 0 bridgehead atoms. The summed E-state index contributed by atoms with van der Waals surface area (Å²) in [5.41, 5.74) is 0. The monoisotopic (exact) mass is 260 g/mol. The Morgan fingerprint density at radius 3 is 1.39 bits per heavy atom. The molecule has 0 aliphatic heterocycles. The molecule has 0 atom stereocenters. The summed E-state index contributed by atoms with van der Waals surface area (Å²) in [6, 6.07) is 0. The molecule has 0 aromatic rings. The molecule has 2 aliphatic carbocycles. The first-order valence-electron chi connectivity index (χ1n) is 7.69. The summed E-state index contributed by atoms with van der Waals surface area (Å²) < 4.78 is 25.3. The van der Waals surface area contributed by atoms with Gasteiger partial charge >= 0.3 is 0 Å². The minimum atomic E-state index is -2.36. The van der Waals surface area contributed by atoms with E-state index in [1.807, 2.05) is 0 Å². The molecule has 2 rings (SSSR count). The summed E-state index contributed by atoms with van der Waals surface area (Å²) in [5.74, 6) is 0.792. The van der Waals surface area contributed by atoms with Gasteiger partial charge in [-0.1, -0.05) is 47.0 Å². The van der Waals surface area contributed by atoms with E-state index >= 15 is 0 Å². The lowest BCUT2D eigenvalue weighted by Gasteiger charge is -2.30. The van der Waals surface area contributed by atoms with E-state index in [9.17, 15) is 8.78 Å². The van der Waals surface area contributed by atoms with E-state index in [0.717, 1.165) is 11.8 Å². The van der Waals surface area contributed by atoms with Gasteiger partial charge in [0.25, 0.3) is 0 Å². The second kappa shape index (κ2) is 6.86. The van der Waals surface area contributed by atoms with E-state index in [2.05, 4.69) is 27.7 Å². The predicted molar refractivity (Wildman–Crippen MR) is 73.9 cm³/mol. The molecule has 2 fully saturated rings. The molecule has 0 saturated heterocycles. The number of alkyl halides is 2. The van der Waals surface area contributed by atoms with Gasteiger partial charge in [0.1, 0.15) is 0 Å². The minimum Gasteiger partial charge on any atom is -0.207 e. The molecule has 0 nitrogen and oxygen atoms in total. The van der Waals surface area contributed by atoms with Crippen molar-refractivity contribution in [3.63, 3.8) is 0 Å². The molecule has 0 N–H and O–H groups in total. The van der Waals surface area contributed by atoms with Crippen molar-refractivity contribution in [2.24, 2.45) is 23.7 Å². The lowest BCUT2D eigenvalue weighted by Crippen LogP contribution is -2.26. The maximum absolute atomic E-state index is 12.6. The van der Waals surface area contributed by atoms with Crippen molar-refractivity contribution in [3.8, 4) is 0 Å². The third-order valence-electron chi connectivity index (χ3n) is 4.80. The van der Waals surface area contributed by atoms with Crippen molar-refractivity contribution in [1.82, 2.24) is 0 Å². The van der Waals surface area contributed by atoms with E-state index in [1.165, 1.54) is 19.3 Å². The van der Waals surface area contributed by atoms with E-state index in [0.29, 0.717) is 24.7 Å². The molecule has 2 saturated carbocycles. The second-order valence-corrected chi connectivity index (χ2v) is 6.87. The van der Waals surface area contributed by atoms with Crippen molar-refractivity contribution in [2.75, 3.05) is 0 Å². The van der Waals surface area contributed by atoms with Crippen LogP contribution in [0, 0.1) is 23.7 Å². The van der Waals surface area contributed by atoms with Crippen LogP contribution in [0.2, 0.25) is 0 Å². The molecule has 0 amide bonds. The Balaban J connectivity index is 0.000000199. The summed E-state index contributed by atoms with van der Waals surface area (Å²) in [6.07, 6.45) is 6.12. The fraction of sp³-hybridized carbons (Fsp3) is 1.00. The first kappa shape index (κ1) is 15.9. The van der Waals surface area contributed by atoms with Gasteiger partial charge in [-0.3, -0.25) is 0 Å². The van der Waals surface area contributed by atoms with Crippen LogP contribution in [0.1, 0.15) is 72.6 Å². The van der Waals surface area contributed by atoms with E-state index in [4.69, 9.17) is 0 Å². The van der Waals surface area contributed by atoms with Gasteiger partial charge in [0, 0.05) is 12.8 Å². The van der Waals surface area contributed by atoms with E-state index in [1.54, 1.807) is 0 Å². The van der Waals surface area contributed by atoms with Crippen LogP contribution in [0.15, 0.2) is 0 Å². The van der Waals surface area contributed by atoms with Crippen molar-refractivity contribution in [2.45, 2.75) is 78.6 Å².